The molecule has 1 aliphatic rings. The standard InChI is InChI=1S/C26H21N3O2/c27-20-11-13-21(14-12-20)29-23-17-26(18-7-3-1-4-8-18,19-9-5-2-6-10-19)16-15-22(23)24(28-29)25(30)31/h1-16H,17,27H2,(H,30,31). The summed E-state index contributed by atoms with van der Waals surface area (Å²) in [6.45, 7) is 0. The summed E-state index contributed by atoms with van der Waals surface area (Å²) in [6, 6.07) is 27.9. The van der Waals surface area contributed by atoms with Crippen LogP contribution in [0.1, 0.15) is 32.9 Å². The van der Waals surface area contributed by atoms with E-state index >= 15 is 0 Å². The molecule has 5 heteroatoms. The van der Waals surface area contributed by atoms with Gasteiger partial charge in [0.1, 0.15) is 0 Å². The molecule has 4 aromatic rings. The van der Waals surface area contributed by atoms with Crippen LogP contribution in [0.3, 0.4) is 0 Å². The van der Waals surface area contributed by atoms with Gasteiger partial charge in [-0.2, -0.15) is 5.10 Å². The number of hydrogen-bond donors (Lipinski definition) is 2. The molecule has 0 bridgehead atoms. The minimum Gasteiger partial charge on any atom is -0.476 e. The summed E-state index contributed by atoms with van der Waals surface area (Å²) in [4.78, 5) is 11.9. The largest absolute Gasteiger partial charge is 0.476 e. The minimum atomic E-state index is -1.04. The molecule has 1 heterocycles. The third-order valence-electron chi connectivity index (χ3n) is 5.92. The molecule has 0 saturated carbocycles. The summed E-state index contributed by atoms with van der Waals surface area (Å²) in [6.07, 6.45) is 4.60. The summed E-state index contributed by atoms with van der Waals surface area (Å²) in [7, 11) is 0. The van der Waals surface area contributed by atoms with Crippen molar-refractivity contribution in [1.29, 1.82) is 0 Å². The van der Waals surface area contributed by atoms with Gasteiger partial charge in [0.05, 0.1) is 11.4 Å². The summed E-state index contributed by atoms with van der Waals surface area (Å²) in [5.74, 6) is -1.04. The smallest absolute Gasteiger partial charge is 0.357 e. The van der Waals surface area contributed by atoms with Gasteiger partial charge >= 0.3 is 5.97 Å². The number of rotatable bonds is 4. The predicted octanol–water partition coefficient (Wildman–Crippen LogP) is 4.71. The Bertz CT molecular complexity index is 1230. The maximum absolute atomic E-state index is 11.9. The van der Waals surface area contributed by atoms with E-state index in [9.17, 15) is 9.90 Å². The van der Waals surface area contributed by atoms with Crippen LogP contribution in [0, 0.1) is 0 Å². The Labute approximate surface area is 180 Å². The molecule has 3 N–H and O–H groups in total. The summed E-state index contributed by atoms with van der Waals surface area (Å²) < 4.78 is 1.74. The number of carbonyl (C=O) groups is 1. The lowest BCUT2D eigenvalue weighted by molar-refractivity contribution is 0.0689. The Morgan fingerprint density at radius 3 is 2.03 bits per heavy atom. The van der Waals surface area contributed by atoms with E-state index in [0.717, 1.165) is 22.5 Å². The molecule has 152 valence electrons. The van der Waals surface area contributed by atoms with Crippen LogP contribution in [0.25, 0.3) is 11.8 Å². The number of hydrogen-bond acceptors (Lipinski definition) is 3. The Morgan fingerprint density at radius 2 is 1.48 bits per heavy atom. The van der Waals surface area contributed by atoms with Crippen LogP contribution in [0.5, 0.6) is 0 Å². The first-order valence-corrected chi connectivity index (χ1v) is 10.1. The van der Waals surface area contributed by atoms with Crippen molar-refractivity contribution in [2.45, 2.75) is 11.8 Å². The molecule has 1 aromatic heterocycles. The van der Waals surface area contributed by atoms with E-state index in [2.05, 4.69) is 35.4 Å². The molecule has 0 saturated heterocycles. The van der Waals surface area contributed by atoms with Crippen molar-refractivity contribution in [3.63, 3.8) is 0 Å². The number of nitrogen functional groups attached to an aromatic ring is 1. The Hall–Kier alpha value is -4.12. The van der Waals surface area contributed by atoms with Crippen LogP contribution in [-0.2, 0) is 11.8 Å². The first-order chi connectivity index (χ1) is 15.1. The van der Waals surface area contributed by atoms with E-state index in [4.69, 9.17) is 5.73 Å². The maximum Gasteiger partial charge on any atom is 0.357 e. The van der Waals surface area contributed by atoms with Crippen LogP contribution < -0.4 is 5.73 Å². The molecule has 0 atom stereocenters. The lowest BCUT2D eigenvalue weighted by Crippen LogP contribution is -2.31. The van der Waals surface area contributed by atoms with Crippen molar-refractivity contribution in [1.82, 2.24) is 9.78 Å². The second-order valence-corrected chi connectivity index (χ2v) is 7.73. The van der Waals surface area contributed by atoms with Crippen LogP contribution in [0.2, 0.25) is 0 Å². The fraction of sp³-hybridized carbons (Fsp3) is 0.0769. The van der Waals surface area contributed by atoms with Gasteiger partial charge in [0.15, 0.2) is 5.69 Å². The van der Waals surface area contributed by atoms with Gasteiger partial charge in [0.2, 0.25) is 0 Å². The molecule has 1 aliphatic carbocycles. The zero-order valence-corrected chi connectivity index (χ0v) is 16.8. The molecular formula is C26H21N3O2. The van der Waals surface area contributed by atoms with E-state index in [1.165, 1.54) is 0 Å². The number of carboxylic acid groups (broad SMARTS) is 1. The van der Waals surface area contributed by atoms with Gasteiger partial charge in [-0.15, -0.1) is 0 Å². The Morgan fingerprint density at radius 1 is 0.903 bits per heavy atom. The molecule has 0 aliphatic heterocycles. The quantitative estimate of drug-likeness (QED) is 0.480. The second-order valence-electron chi connectivity index (χ2n) is 7.73. The number of allylic oxidation sites excluding steroid dienone is 1. The Kier molecular flexibility index (Phi) is 4.44. The monoisotopic (exact) mass is 407 g/mol. The van der Waals surface area contributed by atoms with Gasteiger partial charge in [-0.25, -0.2) is 9.48 Å². The average molecular weight is 407 g/mol. The molecule has 0 radical (unpaired) electrons. The van der Waals surface area contributed by atoms with Crippen molar-refractivity contribution in [3.05, 3.63) is 119 Å². The van der Waals surface area contributed by atoms with Crippen LogP contribution >= 0.6 is 0 Å². The van der Waals surface area contributed by atoms with Gasteiger partial charge < -0.3 is 10.8 Å². The van der Waals surface area contributed by atoms with Crippen molar-refractivity contribution >= 4 is 17.7 Å². The van der Waals surface area contributed by atoms with Gasteiger partial charge in [-0.1, -0.05) is 72.8 Å². The lowest BCUT2D eigenvalue weighted by Gasteiger charge is -2.35. The van der Waals surface area contributed by atoms with Crippen LogP contribution in [0.4, 0.5) is 5.69 Å². The second kappa shape index (κ2) is 7.29. The fourth-order valence-corrected chi connectivity index (χ4v) is 4.38. The third kappa shape index (κ3) is 3.11. The van der Waals surface area contributed by atoms with E-state index < -0.39 is 11.4 Å². The zero-order valence-electron chi connectivity index (χ0n) is 16.8. The zero-order chi connectivity index (χ0) is 21.4. The van der Waals surface area contributed by atoms with Crippen LogP contribution in [-0.4, -0.2) is 20.9 Å². The van der Waals surface area contributed by atoms with Crippen molar-refractivity contribution in [3.8, 4) is 5.69 Å². The van der Waals surface area contributed by atoms with Gasteiger partial charge in [0, 0.05) is 23.1 Å². The topological polar surface area (TPSA) is 81.1 Å². The molecule has 5 nitrogen and oxygen atoms in total. The summed E-state index contributed by atoms with van der Waals surface area (Å²) in [5, 5.41) is 14.2. The molecule has 3 aromatic carbocycles. The molecule has 0 unspecified atom stereocenters. The molecule has 31 heavy (non-hydrogen) atoms. The number of carboxylic acids is 1. The van der Waals surface area contributed by atoms with E-state index in [1.54, 1.807) is 16.8 Å². The Balaban J connectivity index is 1.75. The van der Waals surface area contributed by atoms with E-state index in [1.807, 2.05) is 54.6 Å². The molecule has 0 amide bonds. The third-order valence-corrected chi connectivity index (χ3v) is 5.92. The van der Waals surface area contributed by atoms with E-state index in [0.29, 0.717) is 17.7 Å². The maximum atomic E-state index is 11.9. The van der Waals surface area contributed by atoms with Crippen molar-refractivity contribution in [2.24, 2.45) is 0 Å². The summed E-state index contributed by atoms with van der Waals surface area (Å²) in [5.41, 5.74) is 10.7. The van der Waals surface area contributed by atoms with Crippen molar-refractivity contribution in [2.75, 3.05) is 5.73 Å². The number of aromatic carboxylic acids is 1. The highest BCUT2D eigenvalue weighted by atomic mass is 16.4. The number of benzene rings is 3. The number of fused-ring (bicyclic) bond motifs is 1. The van der Waals surface area contributed by atoms with Gasteiger partial charge in [0.25, 0.3) is 0 Å². The number of nitrogens with two attached hydrogens (primary N) is 1. The normalized spacial score (nSPS) is 14.2. The number of aromatic nitrogens is 2. The average Bonchev–Trinajstić information content (AvgIpc) is 3.19. The highest BCUT2D eigenvalue weighted by Crippen LogP contribution is 2.42. The first-order valence-electron chi connectivity index (χ1n) is 10.1. The fourth-order valence-electron chi connectivity index (χ4n) is 4.38. The number of nitrogens with zero attached hydrogens (tertiary/aromatic N) is 2. The first kappa shape index (κ1) is 18.9. The highest BCUT2D eigenvalue weighted by molar-refractivity contribution is 5.91. The summed E-state index contributed by atoms with van der Waals surface area (Å²) >= 11 is 0. The molecule has 5 rings (SSSR count). The molecular weight excluding hydrogens is 386 g/mol. The SMILES string of the molecule is Nc1ccc(-n2nc(C(=O)O)c3c2CC(c2ccccc2)(c2ccccc2)C=C3)cc1. The molecule has 0 fully saturated rings. The van der Waals surface area contributed by atoms with Gasteiger partial charge in [-0.3, -0.25) is 0 Å². The predicted molar refractivity (Wildman–Crippen MR) is 121 cm³/mol. The molecule has 0 spiro atoms. The van der Waals surface area contributed by atoms with Gasteiger partial charge in [-0.05, 0) is 35.4 Å². The van der Waals surface area contributed by atoms with E-state index in [-0.39, 0.29) is 5.69 Å². The van der Waals surface area contributed by atoms with Crippen molar-refractivity contribution < 1.29 is 9.90 Å². The highest BCUT2D eigenvalue weighted by Gasteiger charge is 2.38. The number of anilines is 1. The van der Waals surface area contributed by atoms with Crippen LogP contribution in [0.15, 0.2) is 91.0 Å². The minimum absolute atomic E-state index is 0.0535. The lowest BCUT2D eigenvalue weighted by atomic mass is 9.68.